The monoisotopic (exact) mass is 247 g/mol. The molecular weight excluding hydrogens is 226 g/mol. The Labute approximate surface area is 109 Å². The van der Waals surface area contributed by atoms with Crippen LogP contribution in [0.1, 0.15) is 17.5 Å². The number of carbonyl (C=O) groups excluding carboxylic acids is 1. The summed E-state index contributed by atoms with van der Waals surface area (Å²) in [4.78, 5) is 14.1. The van der Waals surface area contributed by atoms with Crippen molar-refractivity contribution >= 4 is 5.78 Å². The molecule has 0 radical (unpaired) electrons. The molecule has 0 saturated carbocycles. The fraction of sp³-hybridized carbons (Fsp3) is 0.533. The molecule has 18 heavy (non-hydrogen) atoms. The molecule has 3 nitrogen and oxygen atoms in total. The van der Waals surface area contributed by atoms with Crippen LogP contribution in [0.5, 0.6) is 0 Å². The molecule has 3 heteroatoms. The maximum absolute atomic E-state index is 12.0. The number of ether oxygens (including phenoxy) is 1. The number of benzene rings is 1. The lowest BCUT2D eigenvalue weighted by atomic mass is 10.0. The summed E-state index contributed by atoms with van der Waals surface area (Å²) in [5, 5.41) is 0. The number of aryl methyl sites for hydroxylation is 1. The first-order chi connectivity index (χ1) is 8.65. The van der Waals surface area contributed by atoms with E-state index in [0.29, 0.717) is 18.9 Å². The molecule has 1 heterocycles. The van der Waals surface area contributed by atoms with Gasteiger partial charge in [-0.05, 0) is 26.0 Å². The van der Waals surface area contributed by atoms with Crippen LogP contribution in [0, 0.1) is 12.8 Å². The summed E-state index contributed by atoms with van der Waals surface area (Å²) >= 11 is 0. The minimum absolute atomic E-state index is 0.116. The lowest BCUT2D eigenvalue weighted by Crippen LogP contribution is -2.30. The minimum atomic E-state index is 0.116. The molecular formula is C15H21NO2. The number of hydrogen-bond acceptors (Lipinski definition) is 3. The van der Waals surface area contributed by atoms with Crippen LogP contribution in [0.25, 0.3) is 0 Å². The molecule has 0 aliphatic carbocycles. The van der Waals surface area contributed by atoms with E-state index in [-0.39, 0.29) is 5.92 Å². The van der Waals surface area contributed by atoms with Gasteiger partial charge >= 0.3 is 0 Å². The Bertz CT molecular complexity index is 393. The van der Waals surface area contributed by atoms with Crippen molar-refractivity contribution in [3.63, 3.8) is 0 Å². The summed E-state index contributed by atoms with van der Waals surface area (Å²) in [5.41, 5.74) is 2.51. The first-order valence-corrected chi connectivity index (χ1v) is 6.49. The van der Waals surface area contributed by atoms with Crippen LogP contribution >= 0.6 is 0 Å². The SMILES string of the molecule is Cc1ccc(CN(C)CC(=O)C2CCOC2)cc1. The topological polar surface area (TPSA) is 29.5 Å². The summed E-state index contributed by atoms with van der Waals surface area (Å²) in [7, 11) is 1.99. The maximum atomic E-state index is 12.0. The van der Waals surface area contributed by atoms with E-state index in [1.807, 2.05) is 7.05 Å². The van der Waals surface area contributed by atoms with Gasteiger partial charge in [-0.1, -0.05) is 29.8 Å². The van der Waals surface area contributed by atoms with Gasteiger partial charge in [0, 0.05) is 19.1 Å². The molecule has 0 amide bonds. The van der Waals surface area contributed by atoms with E-state index in [0.717, 1.165) is 19.6 Å². The van der Waals surface area contributed by atoms with Gasteiger partial charge in [-0.2, -0.15) is 0 Å². The lowest BCUT2D eigenvalue weighted by molar-refractivity contribution is -0.123. The van der Waals surface area contributed by atoms with E-state index in [2.05, 4.69) is 36.1 Å². The third kappa shape index (κ3) is 3.65. The maximum Gasteiger partial charge on any atom is 0.152 e. The predicted octanol–water partition coefficient (Wildman–Crippen LogP) is 2.03. The van der Waals surface area contributed by atoms with Crippen LogP contribution in [0.4, 0.5) is 0 Å². The first kappa shape index (κ1) is 13.2. The highest BCUT2D eigenvalue weighted by molar-refractivity contribution is 5.83. The van der Waals surface area contributed by atoms with Gasteiger partial charge in [-0.15, -0.1) is 0 Å². The van der Waals surface area contributed by atoms with Crippen LogP contribution < -0.4 is 0 Å². The van der Waals surface area contributed by atoms with Crippen molar-refractivity contribution < 1.29 is 9.53 Å². The van der Waals surface area contributed by atoms with Crippen LogP contribution in [-0.4, -0.2) is 37.5 Å². The average Bonchev–Trinajstić information content (AvgIpc) is 2.85. The zero-order chi connectivity index (χ0) is 13.0. The molecule has 0 spiro atoms. The zero-order valence-corrected chi connectivity index (χ0v) is 11.2. The third-order valence-corrected chi connectivity index (χ3v) is 3.38. The fourth-order valence-electron chi connectivity index (χ4n) is 2.24. The van der Waals surface area contributed by atoms with Crippen molar-refractivity contribution in [2.45, 2.75) is 19.9 Å². The Kier molecular flexibility index (Phi) is 4.50. The van der Waals surface area contributed by atoms with E-state index in [1.54, 1.807) is 0 Å². The summed E-state index contributed by atoms with van der Waals surface area (Å²) in [6, 6.07) is 8.45. The smallest absolute Gasteiger partial charge is 0.152 e. The normalized spacial score (nSPS) is 19.4. The summed E-state index contributed by atoms with van der Waals surface area (Å²) < 4.78 is 5.25. The molecule has 2 rings (SSSR count). The Morgan fingerprint density at radius 1 is 1.39 bits per heavy atom. The van der Waals surface area contributed by atoms with Crippen molar-refractivity contribution in [2.75, 3.05) is 26.8 Å². The molecule has 0 aromatic heterocycles. The van der Waals surface area contributed by atoms with Gasteiger partial charge in [0.2, 0.25) is 0 Å². The van der Waals surface area contributed by atoms with E-state index in [9.17, 15) is 4.79 Å². The molecule has 1 aliphatic heterocycles. The molecule has 1 aromatic carbocycles. The fourth-order valence-corrected chi connectivity index (χ4v) is 2.24. The van der Waals surface area contributed by atoms with E-state index in [1.165, 1.54) is 11.1 Å². The number of likely N-dealkylation sites (N-methyl/N-ethyl adjacent to an activating group) is 1. The molecule has 1 unspecified atom stereocenters. The Morgan fingerprint density at radius 3 is 2.72 bits per heavy atom. The summed E-state index contributed by atoms with van der Waals surface area (Å²) in [6.07, 6.45) is 0.886. The summed E-state index contributed by atoms with van der Waals surface area (Å²) in [6.45, 7) is 4.76. The van der Waals surface area contributed by atoms with Crippen LogP contribution in [0.3, 0.4) is 0 Å². The second kappa shape index (κ2) is 6.12. The highest BCUT2D eigenvalue weighted by Gasteiger charge is 2.23. The van der Waals surface area contributed by atoms with Gasteiger partial charge in [-0.3, -0.25) is 9.69 Å². The molecule has 98 valence electrons. The molecule has 1 fully saturated rings. The highest BCUT2D eigenvalue weighted by atomic mass is 16.5. The third-order valence-electron chi connectivity index (χ3n) is 3.38. The molecule has 0 N–H and O–H groups in total. The second-order valence-corrected chi connectivity index (χ2v) is 5.18. The molecule has 1 atom stereocenters. The first-order valence-electron chi connectivity index (χ1n) is 6.49. The van der Waals surface area contributed by atoms with Gasteiger partial charge in [0.15, 0.2) is 5.78 Å². The largest absolute Gasteiger partial charge is 0.381 e. The summed E-state index contributed by atoms with van der Waals surface area (Å²) in [5.74, 6) is 0.424. The molecule has 1 aliphatic rings. The van der Waals surface area contributed by atoms with Crippen LogP contribution in [0.2, 0.25) is 0 Å². The van der Waals surface area contributed by atoms with Gasteiger partial charge < -0.3 is 4.74 Å². The molecule has 1 aromatic rings. The molecule has 0 bridgehead atoms. The lowest BCUT2D eigenvalue weighted by Gasteiger charge is -2.17. The number of ketones is 1. The van der Waals surface area contributed by atoms with Gasteiger partial charge in [0.25, 0.3) is 0 Å². The van der Waals surface area contributed by atoms with E-state index >= 15 is 0 Å². The van der Waals surface area contributed by atoms with E-state index in [4.69, 9.17) is 4.74 Å². The molecule has 1 saturated heterocycles. The Morgan fingerprint density at radius 2 is 2.11 bits per heavy atom. The van der Waals surface area contributed by atoms with Crippen molar-refractivity contribution in [3.05, 3.63) is 35.4 Å². The van der Waals surface area contributed by atoms with Crippen molar-refractivity contribution in [1.29, 1.82) is 0 Å². The van der Waals surface area contributed by atoms with Crippen LogP contribution in [0.15, 0.2) is 24.3 Å². The number of nitrogens with zero attached hydrogens (tertiary/aromatic N) is 1. The zero-order valence-electron chi connectivity index (χ0n) is 11.2. The standard InChI is InChI=1S/C15H21NO2/c1-12-3-5-13(6-4-12)9-16(2)10-15(17)14-7-8-18-11-14/h3-6,14H,7-11H2,1-2H3. The second-order valence-electron chi connectivity index (χ2n) is 5.18. The quantitative estimate of drug-likeness (QED) is 0.797. The number of Topliss-reactive ketones (excluding diaryl/α,β-unsaturated/α-hetero) is 1. The van der Waals surface area contributed by atoms with Crippen molar-refractivity contribution in [3.8, 4) is 0 Å². The van der Waals surface area contributed by atoms with Gasteiger partial charge in [-0.25, -0.2) is 0 Å². The number of carbonyl (C=O) groups is 1. The number of hydrogen-bond donors (Lipinski definition) is 0. The Balaban J connectivity index is 1.82. The van der Waals surface area contributed by atoms with Crippen LogP contribution in [-0.2, 0) is 16.1 Å². The number of rotatable bonds is 5. The Hall–Kier alpha value is -1.19. The van der Waals surface area contributed by atoms with Crippen molar-refractivity contribution in [1.82, 2.24) is 4.90 Å². The van der Waals surface area contributed by atoms with Gasteiger partial charge in [0.1, 0.15) is 0 Å². The van der Waals surface area contributed by atoms with Crippen molar-refractivity contribution in [2.24, 2.45) is 5.92 Å². The average molecular weight is 247 g/mol. The predicted molar refractivity (Wildman–Crippen MR) is 71.4 cm³/mol. The van der Waals surface area contributed by atoms with Gasteiger partial charge in [0.05, 0.1) is 13.2 Å². The highest BCUT2D eigenvalue weighted by Crippen LogP contribution is 2.14. The van der Waals surface area contributed by atoms with E-state index < -0.39 is 0 Å². The minimum Gasteiger partial charge on any atom is -0.381 e.